The van der Waals surface area contributed by atoms with Crippen molar-refractivity contribution in [2.45, 2.75) is 0 Å². The van der Waals surface area contributed by atoms with Crippen LogP contribution in [0.3, 0.4) is 0 Å². The number of carbonyl (C=O) groups is 1. The molecule has 0 aliphatic carbocycles. The van der Waals surface area contributed by atoms with Crippen molar-refractivity contribution in [3.8, 4) is 5.69 Å². The third-order valence-electron chi connectivity index (χ3n) is 3.04. The third kappa shape index (κ3) is 2.92. The molecule has 1 aromatic carbocycles. The fourth-order valence-corrected chi connectivity index (χ4v) is 2.04. The standard InChI is InChI=1S/C16H13N3O2/c20-15-10-12(6-7-17-15)16(21)18-13-4-3-5-14(11-13)19-8-1-2-9-19/h1-11H,(H,17,20)(H,18,21). The van der Waals surface area contributed by atoms with Gasteiger partial charge in [0.2, 0.25) is 5.56 Å². The Bertz CT molecular complexity index is 819. The Morgan fingerprint density at radius 2 is 1.86 bits per heavy atom. The van der Waals surface area contributed by atoms with E-state index in [0.29, 0.717) is 11.3 Å². The van der Waals surface area contributed by atoms with Crippen LogP contribution in [0.15, 0.2) is 71.9 Å². The first-order chi connectivity index (χ1) is 10.2. The second-order valence-electron chi connectivity index (χ2n) is 4.54. The lowest BCUT2D eigenvalue weighted by Crippen LogP contribution is -2.15. The molecule has 0 unspecified atom stereocenters. The number of benzene rings is 1. The molecule has 0 aliphatic heterocycles. The van der Waals surface area contributed by atoms with Gasteiger partial charge in [0.05, 0.1) is 0 Å². The summed E-state index contributed by atoms with van der Waals surface area (Å²) in [6.45, 7) is 0. The van der Waals surface area contributed by atoms with E-state index >= 15 is 0 Å². The molecule has 1 amide bonds. The molecule has 2 N–H and O–H groups in total. The Morgan fingerprint density at radius 3 is 2.62 bits per heavy atom. The molecule has 2 aromatic heterocycles. The lowest BCUT2D eigenvalue weighted by molar-refractivity contribution is 0.102. The molecule has 5 heteroatoms. The molecule has 3 rings (SSSR count). The molecule has 0 atom stereocenters. The molecule has 0 aliphatic rings. The molecule has 104 valence electrons. The predicted octanol–water partition coefficient (Wildman–Crippen LogP) is 2.42. The molecular weight excluding hydrogens is 266 g/mol. The minimum absolute atomic E-state index is 0.302. The lowest BCUT2D eigenvalue weighted by atomic mass is 10.2. The van der Waals surface area contributed by atoms with Gasteiger partial charge in [-0.3, -0.25) is 9.59 Å². The van der Waals surface area contributed by atoms with Crippen molar-refractivity contribution in [1.29, 1.82) is 0 Å². The van der Waals surface area contributed by atoms with Crippen molar-refractivity contribution >= 4 is 11.6 Å². The number of aromatic amines is 1. The summed E-state index contributed by atoms with van der Waals surface area (Å²) in [5.74, 6) is -0.314. The molecule has 0 spiro atoms. The smallest absolute Gasteiger partial charge is 0.255 e. The fourth-order valence-electron chi connectivity index (χ4n) is 2.04. The largest absolute Gasteiger partial charge is 0.329 e. The normalized spacial score (nSPS) is 10.3. The van der Waals surface area contributed by atoms with Crippen LogP contribution in [0.1, 0.15) is 10.4 Å². The first kappa shape index (κ1) is 12.9. The quantitative estimate of drug-likeness (QED) is 0.773. The zero-order valence-electron chi connectivity index (χ0n) is 11.1. The lowest BCUT2D eigenvalue weighted by Gasteiger charge is -2.08. The monoisotopic (exact) mass is 279 g/mol. The van der Waals surface area contributed by atoms with Gasteiger partial charge in [-0.15, -0.1) is 0 Å². The predicted molar refractivity (Wildman–Crippen MR) is 80.8 cm³/mol. The number of carbonyl (C=O) groups excluding carboxylic acids is 1. The van der Waals surface area contributed by atoms with Crippen molar-refractivity contribution < 1.29 is 4.79 Å². The first-order valence-corrected chi connectivity index (χ1v) is 6.46. The van der Waals surface area contributed by atoms with E-state index in [9.17, 15) is 9.59 Å². The second kappa shape index (κ2) is 5.50. The van der Waals surface area contributed by atoms with Gasteiger partial charge in [-0.1, -0.05) is 6.07 Å². The van der Waals surface area contributed by atoms with Crippen LogP contribution < -0.4 is 10.9 Å². The van der Waals surface area contributed by atoms with Gasteiger partial charge >= 0.3 is 0 Å². The number of anilines is 1. The molecule has 2 heterocycles. The van der Waals surface area contributed by atoms with Crippen LogP contribution in [-0.2, 0) is 0 Å². The number of rotatable bonds is 3. The summed E-state index contributed by atoms with van der Waals surface area (Å²) in [4.78, 5) is 25.8. The number of H-pyrrole nitrogens is 1. The van der Waals surface area contributed by atoms with Crippen LogP contribution in [0.4, 0.5) is 5.69 Å². The summed E-state index contributed by atoms with van der Waals surface area (Å²) >= 11 is 0. The van der Waals surface area contributed by atoms with E-state index in [1.807, 2.05) is 47.3 Å². The number of amides is 1. The Balaban J connectivity index is 1.84. The Kier molecular flexibility index (Phi) is 3.39. The van der Waals surface area contributed by atoms with Gasteiger partial charge in [-0.05, 0) is 36.4 Å². The highest BCUT2D eigenvalue weighted by Gasteiger charge is 2.07. The summed E-state index contributed by atoms with van der Waals surface area (Å²) in [5, 5.41) is 2.78. The van der Waals surface area contributed by atoms with Crippen LogP contribution in [-0.4, -0.2) is 15.5 Å². The van der Waals surface area contributed by atoms with Gasteiger partial charge in [-0.25, -0.2) is 0 Å². The van der Waals surface area contributed by atoms with E-state index < -0.39 is 0 Å². The zero-order valence-corrected chi connectivity index (χ0v) is 11.1. The number of nitrogens with one attached hydrogen (secondary N) is 2. The van der Waals surface area contributed by atoms with Crippen LogP contribution in [0.2, 0.25) is 0 Å². The summed E-state index contributed by atoms with van der Waals surface area (Å²) in [6, 6.07) is 14.2. The molecule has 0 radical (unpaired) electrons. The molecule has 5 nitrogen and oxygen atoms in total. The number of hydrogen-bond donors (Lipinski definition) is 2. The number of aromatic nitrogens is 2. The maximum Gasteiger partial charge on any atom is 0.255 e. The Labute approximate surface area is 120 Å². The van der Waals surface area contributed by atoms with Gasteiger partial charge in [-0.2, -0.15) is 0 Å². The highest BCUT2D eigenvalue weighted by atomic mass is 16.2. The molecule has 21 heavy (non-hydrogen) atoms. The van der Waals surface area contributed by atoms with E-state index in [4.69, 9.17) is 0 Å². The van der Waals surface area contributed by atoms with Crippen LogP contribution in [0.5, 0.6) is 0 Å². The first-order valence-electron chi connectivity index (χ1n) is 6.46. The van der Waals surface area contributed by atoms with E-state index in [-0.39, 0.29) is 11.5 Å². The summed E-state index contributed by atoms with van der Waals surface area (Å²) in [5.41, 5.74) is 1.64. The topological polar surface area (TPSA) is 66.9 Å². The SMILES string of the molecule is O=C(Nc1cccc(-n2cccc2)c1)c1cc[nH]c(=O)c1. The van der Waals surface area contributed by atoms with E-state index in [0.717, 1.165) is 5.69 Å². The van der Waals surface area contributed by atoms with E-state index in [1.54, 1.807) is 12.1 Å². The van der Waals surface area contributed by atoms with Gasteiger partial charge in [0, 0.05) is 41.6 Å². The maximum absolute atomic E-state index is 12.1. The van der Waals surface area contributed by atoms with Crippen LogP contribution >= 0.6 is 0 Å². The highest BCUT2D eigenvalue weighted by molar-refractivity contribution is 6.04. The van der Waals surface area contributed by atoms with Crippen molar-refractivity contribution in [3.05, 3.63) is 83.0 Å². The van der Waals surface area contributed by atoms with Gasteiger partial charge in [0.1, 0.15) is 0 Å². The van der Waals surface area contributed by atoms with Gasteiger partial charge < -0.3 is 14.9 Å². The molecule has 0 bridgehead atoms. The third-order valence-corrected chi connectivity index (χ3v) is 3.04. The molecule has 0 saturated heterocycles. The number of nitrogens with zero attached hydrogens (tertiary/aromatic N) is 1. The van der Waals surface area contributed by atoms with Gasteiger partial charge in [0.25, 0.3) is 5.91 Å². The summed E-state index contributed by atoms with van der Waals surface area (Å²) in [6.07, 6.45) is 5.31. The van der Waals surface area contributed by atoms with Crippen LogP contribution in [0.25, 0.3) is 5.69 Å². The highest BCUT2D eigenvalue weighted by Crippen LogP contribution is 2.15. The average Bonchev–Trinajstić information content (AvgIpc) is 3.02. The summed E-state index contributed by atoms with van der Waals surface area (Å²) < 4.78 is 1.95. The zero-order chi connectivity index (χ0) is 14.7. The van der Waals surface area contributed by atoms with Crippen LogP contribution in [0, 0.1) is 0 Å². The fraction of sp³-hybridized carbons (Fsp3) is 0. The van der Waals surface area contributed by atoms with Crippen molar-refractivity contribution in [2.24, 2.45) is 0 Å². The van der Waals surface area contributed by atoms with E-state index in [2.05, 4.69) is 10.3 Å². The number of hydrogen-bond acceptors (Lipinski definition) is 2. The Morgan fingerprint density at radius 1 is 1.05 bits per heavy atom. The van der Waals surface area contributed by atoms with Crippen molar-refractivity contribution in [3.63, 3.8) is 0 Å². The molecule has 0 saturated carbocycles. The Hall–Kier alpha value is -3.08. The molecular formula is C16H13N3O2. The molecule has 0 fully saturated rings. The minimum Gasteiger partial charge on any atom is -0.329 e. The average molecular weight is 279 g/mol. The summed E-state index contributed by atoms with van der Waals surface area (Å²) in [7, 11) is 0. The minimum atomic E-state index is -0.314. The second-order valence-corrected chi connectivity index (χ2v) is 4.54. The molecule has 3 aromatic rings. The maximum atomic E-state index is 12.1. The van der Waals surface area contributed by atoms with Crippen molar-refractivity contribution in [2.75, 3.05) is 5.32 Å². The number of pyridine rings is 1. The van der Waals surface area contributed by atoms with Gasteiger partial charge in [0.15, 0.2) is 0 Å². The van der Waals surface area contributed by atoms with E-state index in [1.165, 1.54) is 12.3 Å². The van der Waals surface area contributed by atoms with Crippen molar-refractivity contribution in [1.82, 2.24) is 9.55 Å².